The van der Waals surface area contributed by atoms with E-state index in [2.05, 4.69) is 10.0 Å². The average molecular weight is 421 g/mol. The molecule has 0 aliphatic heterocycles. The van der Waals surface area contributed by atoms with E-state index in [9.17, 15) is 13.2 Å². The highest BCUT2D eigenvalue weighted by Crippen LogP contribution is 2.20. The third-order valence-corrected chi connectivity index (χ3v) is 5.47. The molecule has 138 valence electrons. The Morgan fingerprint density at radius 1 is 0.778 bits per heavy atom. The second-order valence-electron chi connectivity index (χ2n) is 5.60. The lowest BCUT2D eigenvalue weighted by molar-refractivity contribution is 0.102. The Labute approximate surface area is 167 Å². The van der Waals surface area contributed by atoms with Crippen LogP contribution in [0.4, 0.5) is 11.4 Å². The summed E-state index contributed by atoms with van der Waals surface area (Å²) in [5.74, 6) is -0.384. The van der Waals surface area contributed by atoms with Crippen molar-refractivity contribution in [3.8, 4) is 0 Å². The molecule has 0 aromatic heterocycles. The summed E-state index contributed by atoms with van der Waals surface area (Å²) < 4.78 is 27.4. The minimum Gasteiger partial charge on any atom is -0.322 e. The van der Waals surface area contributed by atoms with Crippen molar-refractivity contribution in [1.82, 2.24) is 0 Å². The first-order valence-electron chi connectivity index (χ1n) is 7.79. The molecule has 0 aliphatic rings. The number of rotatable bonds is 5. The molecule has 0 atom stereocenters. The first-order chi connectivity index (χ1) is 12.8. The van der Waals surface area contributed by atoms with Gasteiger partial charge >= 0.3 is 0 Å². The topological polar surface area (TPSA) is 75.3 Å². The van der Waals surface area contributed by atoms with Gasteiger partial charge in [0.2, 0.25) is 0 Å². The van der Waals surface area contributed by atoms with Gasteiger partial charge in [0.15, 0.2) is 0 Å². The van der Waals surface area contributed by atoms with Crippen LogP contribution in [0.3, 0.4) is 0 Å². The van der Waals surface area contributed by atoms with Crippen molar-refractivity contribution in [1.29, 1.82) is 0 Å². The summed E-state index contributed by atoms with van der Waals surface area (Å²) in [5.41, 5.74) is 1.11. The van der Waals surface area contributed by atoms with Gasteiger partial charge in [-0.05, 0) is 60.7 Å². The van der Waals surface area contributed by atoms with Crippen LogP contribution >= 0.6 is 23.2 Å². The maximum absolute atomic E-state index is 12.5. The highest BCUT2D eigenvalue weighted by atomic mass is 35.5. The standard InChI is InChI=1S/C19H14Cl2N2O3S/c20-14-7-9-18(10-8-14)27(25,26)23-17-6-1-3-13(11-17)19(24)22-16-5-2-4-15(21)12-16/h1-12,23H,(H,22,24). The quantitative estimate of drug-likeness (QED) is 0.606. The molecule has 0 saturated heterocycles. The summed E-state index contributed by atoms with van der Waals surface area (Å²) in [5, 5.41) is 3.65. The van der Waals surface area contributed by atoms with Crippen molar-refractivity contribution in [2.45, 2.75) is 4.90 Å². The van der Waals surface area contributed by atoms with Crippen molar-refractivity contribution >= 4 is 50.5 Å². The monoisotopic (exact) mass is 420 g/mol. The van der Waals surface area contributed by atoms with Gasteiger partial charge < -0.3 is 5.32 Å². The summed E-state index contributed by atoms with van der Waals surface area (Å²) >= 11 is 11.7. The van der Waals surface area contributed by atoms with Crippen LogP contribution in [0.5, 0.6) is 0 Å². The third-order valence-electron chi connectivity index (χ3n) is 3.58. The molecule has 0 unspecified atom stereocenters. The van der Waals surface area contributed by atoms with Gasteiger partial charge in [0.1, 0.15) is 0 Å². The zero-order valence-electron chi connectivity index (χ0n) is 13.8. The van der Waals surface area contributed by atoms with E-state index in [1.165, 1.54) is 30.3 Å². The first kappa shape index (κ1) is 19.2. The predicted octanol–water partition coefficient (Wildman–Crippen LogP) is 5.05. The molecule has 8 heteroatoms. The Bertz CT molecular complexity index is 1080. The lowest BCUT2D eigenvalue weighted by Gasteiger charge is -2.10. The molecule has 0 bridgehead atoms. The molecular formula is C19H14Cl2N2O3S. The van der Waals surface area contributed by atoms with Crippen molar-refractivity contribution in [3.63, 3.8) is 0 Å². The van der Waals surface area contributed by atoms with Crippen LogP contribution in [0.25, 0.3) is 0 Å². The van der Waals surface area contributed by atoms with E-state index >= 15 is 0 Å². The summed E-state index contributed by atoms with van der Waals surface area (Å²) in [7, 11) is -3.79. The molecule has 2 N–H and O–H groups in total. The maximum atomic E-state index is 12.5. The van der Waals surface area contributed by atoms with Gasteiger partial charge in [-0.15, -0.1) is 0 Å². The number of anilines is 2. The Balaban J connectivity index is 1.79. The molecule has 3 aromatic rings. The molecule has 0 heterocycles. The van der Waals surface area contributed by atoms with Crippen LogP contribution in [-0.4, -0.2) is 14.3 Å². The molecule has 3 aromatic carbocycles. The van der Waals surface area contributed by atoms with Crippen LogP contribution in [0, 0.1) is 0 Å². The molecule has 3 rings (SSSR count). The fourth-order valence-corrected chi connectivity index (χ4v) is 3.69. The molecule has 0 saturated carbocycles. The van der Waals surface area contributed by atoms with E-state index in [1.807, 2.05) is 0 Å². The highest BCUT2D eigenvalue weighted by Gasteiger charge is 2.15. The predicted molar refractivity (Wildman–Crippen MR) is 108 cm³/mol. The zero-order chi connectivity index (χ0) is 19.4. The van der Waals surface area contributed by atoms with Gasteiger partial charge in [0.25, 0.3) is 15.9 Å². The van der Waals surface area contributed by atoms with E-state index in [1.54, 1.807) is 42.5 Å². The van der Waals surface area contributed by atoms with Crippen LogP contribution in [0.1, 0.15) is 10.4 Å². The van der Waals surface area contributed by atoms with Gasteiger partial charge in [-0.1, -0.05) is 35.3 Å². The lowest BCUT2D eigenvalue weighted by Crippen LogP contribution is -2.15. The number of carbonyl (C=O) groups is 1. The number of halogens is 2. The minimum atomic E-state index is -3.79. The van der Waals surface area contributed by atoms with Gasteiger partial charge in [-0.2, -0.15) is 0 Å². The number of nitrogens with one attached hydrogen (secondary N) is 2. The number of hydrogen-bond donors (Lipinski definition) is 2. The zero-order valence-corrected chi connectivity index (χ0v) is 16.1. The van der Waals surface area contributed by atoms with Crippen LogP contribution in [-0.2, 0) is 10.0 Å². The normalized spacial score (nSPS) is 11.0. The van der Waals surface area contributed by atoms with Crippen LogP contribution in [0.15, 0.2) is 77.7 Å². The van der Waals surface area contributed by atoms with Crippen molar-refractivity contribution in [2.24, 2.45) is 0 Å². The Hall–Kier alpha value is -2.54. The average Bonchev–Trinajstić information content (AvgIpc) is 2.62. The number of amides is 1. The van der Waals surface area contributed by atoms with Gasteiger partial charge in [-0.3, -0.25) is 9.52 Å². The molecule has 5 nitrogen and oxygen atoms in total. The minimum absolute atomic E-state index is 0.0701. The van der Waals surface area contributed by atoms with Gasteiger partial charge in [0, 0.05) is 27.0 Å². The van der Waals surface area contributed by atoms with Crippen LogP contribution in [0.2, 0.25) is 10.0 Å². The van der Waals surface area contributed by atoms with E-state index < -0.39 is 10.0 Å². The fraction of sp³-hybridized carbons (Fsp3) is 0. The number of benzene rings is 3. The van der Waals surface area contributed by atoms with E-state index in [-0.39, 0.29) is 16.5 Å². The molecule has 27 heavy (non-hydrogen) atoms. The number of carbonyl (C=O) groups excluding carboxylic acids is 1. The maximum Gasteiger partial charge on any atom is 0.261 e. The van der Waals surface area contributed by atoms with E-state index in [0.29, 0.717) is 21.3 Å². The summed E-state index contributed by atoms with van der Waals surface area (Å²) in [4.78, 5) is 12.5. The SMILES string of the molecule is O=C(Nc1cccc(Cl)c1)c1cccc(NS(=O)(=O)c2ccc(Cl)cc2)c1. The summed E-state index contributed by atoms with van der Waals surface area (Å²) in [6.45, 7) is 0. The lowest BCUT2D eigenvalue weighted by atomic mass is 10.2. The third kappa shape index (κ3) is 5.01. The molecular weight excluding hydrogens is 407 g/mol. The second kappa shape index (κ2) is 8.00. The van der Waals surface area contributed by atoms with E-state index in [4.69, 9.17) is 23.2 Å². The van der Waals surface area contributed by atoms with Crippen molar-refractivity contribution in [3.05, 3.63) is 88.4 Å². The van der Waals surface area contributed by atoms with Gasteiger partial charge in [-0.25, -0.2) is 8.42 Å². The van der Waals surface area contributed by atoms with Crippen molar-refractivity contribution in [2.75, 3.05) is 10.0 Å². The largest absolute Gasteiger partial charge is 0.322 e. The highest BCUT2D eigenvalue weighted by molar-refractivity contribution is 7.92. The summed E-state index contributed by atoms with van der Waals surface area (Å²) in [6.07, 6.45) is 0. The Morgan fingerprint density at radius 3 is 2.15 bits per heavy atom. The molecule has 1 amide bonds. The number of sulfonamides is 1. The first-order valence-corrected chi connectivity index (χ1v) is 10.0. The fourth-order valence-electron chi connectivity index (χ4n) is 2.32. The smallest absolute Gasteiger partial charge is 0.261 e. The molecule has 0 radical (unpaired) electrons. The molecule has 0 aliphatic carbocycles. The van der Waals surface area contributed by atoms with Gasteiger partial charge in [0.05, 0.1) is 4.90 Å². The summed E-state index contributed by atoms with van der Waals surface area (Å²) in [6, 6.07) is 18.7. The Morgan fingerprint density at radius 2 is 1.44 bits per heavy atom. The van der Waals surface area contributed by atoms with E-state index in [0.717, 1.165) is 0 Å². The Kier molecular flexibility index (Phi) is 5.70. The molecule has 0 fully saturated rings. The second-order valence-corrected chi connectivity index (χ2v) is 8.16. The van der Waals surface area contributed by atoms with Crippen LogP contribution < -0.4 is 10.0 Å². The van der Waals surface area contributed by atoms with Crippen molar-refractivity contribution < 1.29 is 13.2 Å². The molecule has 0 spiro atoms. The number of hydrogen-bond acceptors (Lipinski definition) is 3.